The molecule has 2 heterocycles. The molecule has 0 unspecified atom stereocenters. The lowest BCUT2D eigenvalue weighted by Gasteiger charge is -2.17. The van der Waals surface area contributed by atoms with Gasteiger partial charge in [0.1, 0.15) is 0 Å². The maximum absolute atomic E-state index is 12.1. The van der Waals surface area contributed by atoms with Gasteiger partial charge in [-0.1, -0.05) is 24.3 Å². The molecule has 0 radical (unpaired) electrons. The number of benzene rings is 1. The fraction of sp³-hybridized carbons (Fsp3) is 0.353. The number of nitrogens with two attached hydrogens (primary N) is 1. The standard InChI is InChI=1S/C17H20N4O2/c18-16(22)14-7-10-21(11-14)17(23)20-9-6-13-4-1-3-12-5-2-8-19-15(12)13/h1-5,8,14H,6-7,9-11H2,(H2,18,22)(H,20,23)/t14-/m0/s1. The predicted octanol–water partition coefficient (Wildman–Crippen LogP) is 1.29. The van der Waals surface area contributed by atoms with Crippen LogP contribution in [-0.2, 0) is 11.2 Å². The van der Waals surface area contributed by atoms with E-state index in [1.165, 1.54) is 0 Å². The number of aromatic nitrogens is 1. The minimum Gasteiger partial charge on any atom is -0.369 e. The molecule has 0 aliphatic carbocycles. The third-order valence-electron chi connectivity index (χ3n) is 4.26. The van der Waals surface area contributed by atoms with Crippen LogP contribution in [0.4, 0.5) is 4.79 Å². The predicted molar refractivity (Wildman–Crippen MR) is 87.7 cm³/mol. The molecule has 120 valence electrons. The molecule has 3 rings (SSSR count). The van der Waals surface area contributed by atoms with E-state index in [0.29, 0.717) is 32.5 Å². The fourth-order valence-corrected chi connectivity index (χ4v) is 2.96. The van der Waals surface area contributed by atoms with Crippen molar-refractivity contribution in [3.8, 4) is 0 Å². The smallest absolute Gasteiger partial charge is 0.317 e. The number of fused-ring (bicyclic) bond motifs is 1. The average Bonchev–Trinajstić information content (AvgIpc) is 3.05. The molecular formula is C17H20N4O2. The minimum atomic E-state index is -0.331. The maximum Gasteiger partial charge on any atom is 0.317 e. The molecular weight excluding hydrogens is 292 g/mol. The molecule has 1 atom stereocenters. The van der Waals surface area contributed by atoms with Crippen molar-refractivity contribution in [2.24, 2.45) is 11.7 Å². The highest BCUT2D eigenvalue weighted by atomic mass is 16.2. The topological polar surface area (TPSA) is 88.3 Å². The molecule has 23 heavy (non-hydrogen) atoms. The number of hydrogen-bond donors (Lipinski definition) is 2. The van der Waals surface area contributed by atoms with Gasteiger partial charge in [-0.3, -0.25) is 9.78 Å². The van der Waals surface area contributed by atoms with Gasteiger partial charge in [-0.25, -0.2) is 4.79 Å². The number of urea groups is 1. The van der Waals surface area contributed by atoms with Crippen LogP contribution < -0.4 is 11.1 Å². The Morgan fingerprint density at radius 3 is 2.91 bits per heavy atom. The molecule has 6 nitrogen and oxygen atoms in total. The maximum atomic E-state index is 12.1. The van der Waals surface area contributed by atoms with Crippen LogP contribution in [0.3, 0.4) is 0 Å². The monoisotopic (exact) mass is 312 g/mol. The quantitative estimate of drug-likeness (QED) is 0.891. The molecule has 1 aromatic carbocycles. The first-order valence-corrected chi connectivity index (χ1v) is 7.80. The molecule has 1 aliphatic rings. The number of likely N-dealkylation sites (tertiary alicyclic amines) is 1. The zero-order chi connectivity index (χ0) is 16.2. The third-order valence-corrected chi connectivity index (χ3v) is 4.26. The van der Waals surface area contributed by atoms with E-state index in [-0.39, 0.29) is 17.9 Å². The van der Waals surface area contributed by atoms with Crippen molar-refractivity contribution in [3.63, 3.8) is 0 Å². The van der Waals surface area contributed by atoms with E-state index in [1.54, 1.807) is 11.1 Å². The van der Waals surface area contributed by atoms with Crippen LogP contribution in [0.5, 0.6) is 0 Å². The van der Waals surface area contributed by atoms with Gasteiger partial charge in [0.2, 0.25) is 5.91 Å². The first-order chi connectivity index (χ1) is 11.1. The summed E-state index contributed by atoms with van der Waals surface area (Å²) in [6.45, 7) is 1.53. The molecule has 0 spiro atoms. The third kappa shape index (κ3) is 3.41. The fourth-order valence-electron chi connectivity index (χ4n) is 2.96. The van der Waals surface area contributed by atoms with Gasteiger partial charge in [-0.2, -0.15) is 0 Å². The van der Waals surface area contributed by atoms with E-state index in [0.717, 1.165) is 16.5 Å². The molecule has 2 aromatic rings. The van der Waals surface area contributed by atoms with Crippen molar-refractivity contribution < 1.29 is 9.59 Å². The summed E-state index contributed by atoms with van der Waals surface area (Å²) in [5, 5.41) is 4.00. The number of hydrogen-bond acceptors (Lipinski definition) is 3. The number of rotatable bonds is 4. The van der Waals surface area contributed by atoms with Crippen molar-refractivity contribution in [1.29, 1.82) is 0 Å². The van der Waals surface area contributed by atoms with E-state index in [1.807, 2.05) is 30.3 Å². The minimum absolute atomic E-state index is 0.137. The summed E-state index contributed by atoms with van der Waals surface area (Å²) in [7, 11) is 0. The number of nitrogens with zero attached hydrogens (tertiary/aromatic N) is 2. The first kappa shape index (κ1) is 15.3. The summed E-state index contributed by atoms with van der Waals surface area (Å²) in [4.78, 5) is 29.3. The molecule has 0 bridgehead atoms. The van der Waals surface area contributed by atoms with Gasteiger partial charge in [-0.15, -0.1) is 0 Å². The second-order valence-electron chi connectivity index (χ2n) is 5.81. The van der Waals surface area contributed by atoms with Crippen LogP contribution in [0.1, 0.15) is 12.0 Å². The highest BCUT2D eigenvalue weighted by Crippen LogP contribution is 2.17. The number of amides is 3. The zero-order valence-electron chi connectivity index (χ0n) is 12.9. The molecule has 3 amide bonds. The normalized spacial score (nSPS) is 17.4. The van der Waals surface area contributed by atoms with Gasteiger partial charge in [0, 0.05) is 31.2 Å². The summed E-state index contributed by atoms with van der Waals surface area (Å²) in [6.07, 6.45) is 3.14. The van der Waals surface area contributed by atoms with Crippen molar-refractivity contribution in [2.45, 2.75) is 12.8 Å². The summed E-state index contributed by atoms with van der Waals surface area (Å²) < 4.78 is 0. The average molecular weight is 312 g/mol. The van der Waals surface area contributed by atoms with Crippen molar-refractivity contribution in [3.05, 3.63) is 42.1 Å². The number of pyridine rings is 1. The second kappa shape index (κ2) is 6.64. The number of para-hydroxylation sites is 1. The van der Waals surface area contributed by atoms with Crippen LogP contribution in [0.15, 0.2) is 36.5 Å². The van der Waals surface area contributed by atoms with Gasteiger partial charge >= 0.3 is 6.03 Å². The Morgan fingerprint density at radius 1 is 1.30 bits per heavy atom. The van der Waals surface area contributed by atoms with E-state index >= 15 is 0 Å². The highest BCUT2D eigenvalue weighted by molar-refractivity contribution is 5.82. The molecule has 1 fully saturated rings. The summed E-state index contributed by atoms with van der Waals surface area (Å²) in [5.41, 5.74) is 7.37. The van der Waals surface area contributed by atoms with Crippen LogP contribution in [0, 0.1) is 5.92 Å². The Balaban J connectivity index is 1.55. The molecule has 3 N–H and O–H groups in total. The van der Waals surface area contributed by atoms with Crippen molar-refractivity contribution in [2.75, 3.05) is 19.6 Å². The summed E-state index contributed by atoms with van der Waals surface area (Å²) in [6, 6.07) is 9.86. The number of carbonyl (C=O) groups is 2. The summed E-state index contributed by atoms with van der Waals surface area (Å²) >= 11 is 0. The highest BCUT2D eigenvalue weighted by Gasteiger charge is 2.29. The largest absolute Gasteiger partial charge is 0.369 e. The zero-order valence-corrected chi connectivity index (χ0v) is 12.9. The van der Waals surface area contributed by atoms with E-state index in [2.05, 4.69) is 10.3 Å². The van der Waals surface area contributed by atoms with Crippen molar-refractivity contribution in [1.82, 2.24) is 15.2 Å². The van der Waals surface area contributed by atoms with Gasteiger partial charge in [0.15, 0.2) is 0 Å². The Hall–Kier alpha value is -2.63. The van der Waals surface area contributed by atoms with Crippen LogP contribution in [0.25, 0.3) is 10.9 Å². The lowest BCUT2D eigenvalue weighted by atomic mass is 10.1. The Labute approximate surface area is 134 Å². The van der Waals surface area contributed by atoms with E-state index in [4.69, 9.17) is 5.73 Å². The van der Waals surface area contributed by atoms with Crippen molar-refractivity contribution >= 4 is 22.8 Å². The Morgan fingerprint density at radius 2 is 2.13 bits per heavy atom. The van der Waals surface area contributed by atoms with Gasteiger partial charge in [-0.05, 0) is 24.5 Å². The molecule has 1 saturated heterocycles. The van der Waals surface area contributed by atoms with E-state index in [9.17, 15) is 9.59 Å². The number of nitrogens with one attached hydrogen (secondary N) is 1. The van der Waals surface area contributed by atoms with Crippen LogP contribution in [0.2, 0.25) is 0 Å². The first-order valence-electron chi connectivity index (χ1n) is 7.80. The Kier molecular flexibility index (Phi) is 4.41. The lowest BCUT2D eigenvalue weighted by Crippen LogP contribution is -2.40. The van der Waals surface area contributed by atoms with Gasteiger partial charge < -0.3 is 16.0 Å². The summed E-state index contributed by atoms with van der Waals surface area (Å²) in [5.74, 6) is -0.551. The lowest BCUT2D eigenvalue weighted by molar-refractivity contribution is -0.121. The molecule has 6 heteroatoms. The van der Waals surface area contributed by atoms with Crippen LogP contribution in [-0.4, -0.2) is 41.5 Å². The Bertz CT molecular complexity index is 726. The van der Waals surface area contributed by atoms with E-state index < -0.39 is 0 Å². The molecule has 1 aromatic heterocycles. The number of primary amides is 1. The SMILES string of the molecule is NC(=O)[C@H]1CCN(C(=O)NCCc2cccc3cccnc23)C1. The number of carbonyl (C=O) groups excluding carboxylic acids is 2. The second-order valence-corrected chi connectivity index (χ2v) is 5.81. The molecule has 0 saturated carbocycles. The molecule has 1 aliphatic heterocycles. The van der Waals surface area contributed by atoms with Gasteiger partial charge in [0.05, 0.1) is 11.4 Å². The van der Waals surface area contributed by atoms with Gasteiger partial charge in [0.25, 0.3) is 0 Å². The van der Waals surface area contributed by atoms with Crippen LogP contribution >= 0.6 is 0 Å².